The molecule has 0 radical (unpaired) electrons. The van der Waals surface area contributed by atoms with Crippen LogP contribution in [0.1, 0.15) is 17.3 Å². The fourth-order valence-corrected chi connectivity index (χ4v) is 4.48. The van der Waals surface area contributed by atoms with E-state index in [0.717, 1.165) is 4.47 Å². The van der Waals surface area contributed by atoms with Gasteiger partial charge < -0.3 is 9.64 Å². The van der Waals surface area contributed by atoms with Gasteiger partial charge in [-0.25, -0.2) is 8.42 Å². The maximum atomic E-state index is 13.2. The number of amides is 1. The van der Waals surface area contributed by atoms with Crippen LogP contribution in [0.2, 0.25) is 0 Å². The molecule has 26 heavy (non-hydrogen) atoms. The van der Waals surface area contributed by atoms with Gasteiger partial charge in [-0.1, -0.05) is 22.0 Å². The average Bonchev–Trinajstić information content (AvgIpc) is 2.96. The van der Waals surface area contributed by atoms with Crippen molar-refractivity contribution in [3.05, 3.63) is 70.1 Å². The molecule has 2 aromatic rings. The van der Waals surface area contributed by atoms with Crippen LogP contribution in [0, 0.1) is 0 Å². The first kappa shape index (κ1) is 18.7. The van der Waals surface area contributed by atoms with Gasteiger partial charge in [-0.2, -0.15) is 0 Å². The van der Waals surface area contributed by atoms with E-state index in [9.17, 15) is 13.2 Å². The van der Waals surface area contributed by atoms with E-state index in [2.05, 4.69) is 15.9 Å². The van der Waals surface area contributed by atoms with Gasteiger partial charge in [0.15, 0.2) is 9.84 Å². The minimum atomic E-state index is -3.30. The lowest BCUT2D eigenvalue weighted by Gasteiger charge is -2.28. The van der Waals surface area contributed by atoms with Crippen LogP contribution in [0.5, 0.6) is 5.75 Å². The number of carbonyl (C=O) groups excluding carboxylic acids is 1. The van der Waals surface area contributed by atoms with E-state index in [-0.39, 0.29) is 11.7 Å². The fraction of sp³-hybridized carbons (Fsp3) is 0.211. The number of carbonyl (C=O) groups is 1. The first-order valence-corrected chi connectivity index (χ1v) is 10.6. The van der Waals surface area contributed by atoms with E-state index >= 15 is 0 Å². The second-order valence-electron chi connectivity index (χ2n) is 5.84. The molecule has 1 aliphatic heterocycles. The molecule has 1 heterocycles. The Balaban J connectivity index is 1.99. The number of anilines is 1. The number of hydrogen-bond donors (Lipinski definition) is 0. The monoisotopic (exact) mass is 435 g/mol. The molecular weight excluding hydrogens is 418 g/mol. The molecular formula is C19H18BrNO4S. The van der Waals surface area contributed by atoms with E-state index in [1.54, 1.807) is 48.5 Å². The maximum absolute atomic E-state index is 13.2. The predicted molar refractivity (Wildman–Crippen MR) is 105 cm³/mol. The van der Waals surface area contributed by atoms with Crippen LogP contribution in [-0.2, 0) is 9.84 Å². The summed E-state index contributed by atoms with van der Waals surface area (Å²) >= 11 is 3.37. The summed E-state index contributed by atoms with van der Waals surface area (Å²) in [7, 11) is -3.30. The third kappa shape index (κ3) is 4.16. The first-order valence-electron chi connectivity index (χ1n) is 8.12. The van der Waals surface area contributed by atoms with Gasteiger partial charge >= 0.3 is 0 Å². The third-order valence-electron chi connectivity index (χ3n) is 3.96. The Bertz CT molecular complexity index is 938. The number of sulfone groups is 1. The van der Waals surface area contributed by atoms with Crippen LogP contribution < -0.4 is 9.64 Å². The molecule has 0 saturated heterocycles. The van der Waals surface area contributed by atoms with Gasteiger partial charge in [0.2, 0.25) is 0 Å². The largest absolute Gasteiger partial charge is 0.494 e. The van der Waals surface area contributed by atoms with Crippen LogP contribution in [0.3, 0.4) is 0 Å². The first-order chi connectivity index (χ1) is 12.4. The Morgan fingerprint density at radius 1 is 1.23 bits per heavy atom. The van der Waals surface area contributed by atoms with E-state index in [4.69, 9.17) is 4.74 Å². The molecule has 1 amide bonds. The number of halogens is 1. The highest BCUT2D eigenvalue weighted by Crippen LogP contribution is 2.27. The average molecular weight is 436 g/mol. The smallest absolute Gasteiger partial charge is 0.258 e. The highest BCUT2D eigenvalue weighted by Gasteiger charge is 2.32. The Morgan fingerprint density at radius 3 is 2.54 bits per heavy atom. The van der Waals surface area contributed by atoms with Gasteiger partial charge in [-0.3, -0.25) is 4.79 Å². The van der Waals surface area contributed by atoms with E-state index in [0.29, 0.717) is 23.6 Å². The van der Waals surface area contributed by atoms with Gasteiger partial charge in [0.05, 0.1) is 18.4 Å². The lowest BCUT2D eigenvalue weighted by molar-refractivity contribution is 0.0983. The zero-order chi connectivity index (χ0) is 18.7. The highest BCUT2D eigenvalue weighted by molar-refractivity contribution is 9.10. The fourth-order valence-electron chi connectivity index (χ4n) is 2.81. The second kappa shape index (κ2) is 7.63. The molecule has 0 spiro atoms. The van der Waals surface area contributed by atoms with Crippen LogP contribution in [0.25, 0.3) is 0 Å². The number of hydrogen-bond acceptors (Lipinski definition) is 4. The van der Waals surface area contributed by atoms with Crippen LogP contribution in [-0.4, -0.2) is 32.7 Å². The molecule has 5 nitrogen and oxygen atoms in total. The van der Waals surface area contributed by atoms with Gasteiger partial charge in [0, 0.05) is 21.1 Å². The second-order valence-corrected chi connectivity index (χ2v) is 8.68. The Labute approximate surface area is 161 Å². The zero-order valence-electron chi connectivity index (χ0n) is 14.1. The van der Waals surface area contributed by atoms with E-state index in [1.165, 1.54) is 10.3 Å². The molecule has 0 bridgehead atoms. The van der Waals surface area contributed by atoms with Crippen LogP contribution >= 0.6 is 15.9 Å². The van der Waals surface area contributed by atoms with Gasteiger partial charge in [-0.15, -0.1) is 0 Å². The van der Waals surface area contributed by atoms with Crippen molar-refractivity contribution >= 4 is 37.4 Å². The van der Waals surface area contributed by atoms with Gasteiger partial charge in [0.25, 0.3) is 5.91 Å². The van der Waals surface area contributed by atoms with Crippen molar-refractivity contribution in [3.63, 3.8) is 0 Å². The summed E-state index contributed by atoms with van der Waals surface area (Å²) in [6, 6.07) is 13.6. The Hall–Kier alpha value is -2.12. The summed E-state index contributed by atoms with van der Waals surface area (Å²) in [5.41, 5.74) is 1.09. The summed E-state index contributed by atoms with van der Waals surface area (Å²) in [5, 5.41) is 1.17. The van der Waals surface area contributed by atoms with Crippen molar-refractivity contribution in [1.29, 1.82) is 0 Å². The van der Waals surface area contributed by atoms with Gasteiger partial charge in [0.1, 0.15) is 5.75 Å². The number of rotatable bonds is 5. The molecule has 3 rings (SSSR count). The van der Waals surface area contributed by atoms with Crippen molar-refractivity contribution < 1.29 is 17.9 Å². The minimum Gasteiger partial charge on any atom is -0.494 e. The molecule has 0 N–H and O–H groups in total. The van der Waals surface area contributed by atoms with Crippen molar-refractivity contribution in [2.45, 2.75) is 13.0 Å². The molecule has 0 aliphatic carbocycles. The van der Waals surface area contributed by atoms with Crippen LogP contribution in [0.4, 0.5) is 5.69 Å². The topological polar surface area (TPSA) is 63.7 Å². The lowest BCUT2D eigenvalue weighted by Crippen LogP contribution is -2.41. The maximum Gasteiger partial charge on any atom is 0.258 e. The van der Waals surface area contributed by atoms with Crippen LogP contribution in [0.15, 0.2) is 64.5 Å². The Morgan fingerprint density at radius 2 is 1.96 bits per heavy atom. The summed E-state index contributed by atoms with van der Waals surface area (Å²) in [6.07, 6.45) is 1.56. The summed E-state index contributed by atoms with van der Waals surface area (Å²) in [5.74, 6) is 0.308. The molecule has 1 unspecified atom stereocenters. The molecule has 0 saturated carbocycles. The number of ether oxygens (including phenoxy) is 1. The SMILES string of the molecule is CCOc1ccc(N(C(=O)c2cccc(Br)c2)C2C=CS(=O)(=O)C2)cc1. The van der Waals surface area contributed by atoms with E-state index in [1.807, 2.05) is 13.0 Å². The molecule has 1 atom stereocenters. The predicted octanol–water partition coefficient (Wildman–Crippen LogP) is 3.81. The Kier molecular flexibility index (Phi) is 5.48. The minimum absolute atomic E-state index is 0.125. The quantitative estimate of drug-likeness (QED) is 0.715. The van der Waals surface area contributed by atoms with Crippen molar-refractivity contribution in [3.8, 4) is 5.75 Å². The normalized spacial score (nSPS) is 17.8. The van der Waals surface area contributed by atoms with Crippen molar-refractivity contribution in [1.82, 2.24) is 0 Å². The molecule has 0 aromatic heterocycles. The van der Waals surface area contributed by atoms with Gasteiger partial charge in [-0.05, 0) is 55.5 Å². The molecule has 1 aliphatic rings. The molecule has 136 valence electrons. The van der Waals surface area contributed by atoms with E-state index < -0.39 is 15.9 Å². The number of nitrogens with zero attached hydrogens (tertiary/aromatic N) is 1. The molecule has 0 fully saturated rings. The zero-order valence-corrected chi connectivity index (χ0v) is 16.5. The molecule has 7 heteroatoms. The summed E-state index contributed by atoms with van der Waals surface area (Å²) in [4.78, 5) is 14.7. The van der Waals surface area contributed by atoms with Crippen molar-refractivity contribution in [2.75, 3.05) is 17.3 Å². The third-order valence-corrected chi connectivity index (χ3v) is 5.83. The summed E-state index contributed by atoms with van der Waals surface area (Å²) < 4.78 is 30.0. The molecule has 2 aromatic carbocycles. The standard InChI is InChI=1S/C19H18BrNO4S/c1-2-25-18-8-6-16(7-9-18)21(17-10-11-26(23,24)13-17)19(22)14-4-3-5-15(20)12-14/h3-12,17H,2,13H2,1H3. The lowest BCUT2D eigenvalue weighted by atomic mass is 10.1. The number of benzene rings is 2. The summed E-state index contributed by atoms with van der Waals surface area (Å²) in [6.45, 7) is 2.44. The highest BCUT2D eigenvalue weighted by atomic mass is 79.9. The van der Waals surface area contributed by atoms with Crippen molar-refractivity contribution in [2.24, 2.45) is 0 Å².